The first-order valence-electron chi connectivity index (χ1n) is 5.08. The Morgan fingerprint density at radius 2 is 2.19 bits per heavy atom. The zero-order valence-corrected chi connectivity index (χ0v) is 12.5. The van der Waals surface area contributed by atoms with Gasteiger partial charge in [0.05, 0.1) is 5.56 Å². The Morgan fingerprint density at radius 1 is 1.56 bits per heavy atom. The lowest BCUT2D eigenvalue weighted by Gasteiger charge is -2.19. The van der Waals surface area contributed by atoms with Crippen molar-refractivity contribution in [2.24, 2.45) is 0 Å². The molecule has 0 saturated carbocycles. The van der Waals surface area contributed by atoms with E-state index in [4.69, 9.17) is 11.6 Å². The van der Waals surface area contributed by atoms with Gasteiger partial charge in [-0.3, -0.25) is 4.79 Å². The fraction of sp³-hybridized carbons (Fsp3) is 0.417. The molecule has 88 valence electrons. The third-order valence-electron chi connectivity index (χ3n) is 2.29. The highest BCUT2D eigenvalue weighted by Gasteiger charge is 2.16. The molecular weight excluding hydrogens is 336 g/mol. The van der Waals surface area contributed by atoms with Crippen LogP contribution in [0, 0.1) is 10.5 Å². The van der Waals surface area contributed by atoms with Gasteiger partial charge in [0.15, 0.2) is 0 Å². The Balaban J connectivity index is 2.92. The number of alkyl halides is 1. The molecule has 0 saturated heterocycles. The molecule has 0 spiro atoms. The van der Waals surface area contributed by atoms with Crippen molar-refractivity contribution in [3.05, 3.63) is 32.9 Å². The van der Waals surface area contributed by atoms with Gasteiger partial charge >= 0.3 is 0 Å². The highest BCUT2D eigenvalue weighted by atomic mass is 127. The zero-order chi connectivity index (χ0) is 12.3. The van der Waals surface area contributed by atoms with Gasteiger partial charge in [0.1, 0.15) is 0 Å². The average Bonchev–Trinajstić information content (AvgIpc) is 2.20. The SMILES string of the molecule is Cc1cccc(C(=O)N(C)CC(C)Cl)c1I. The van der Waals surface area contributed by atoms with E-state index in [1.54, 1.807) is 11.9 Å². The molecule has 1 atom stereocenters. The lowest BCUT2D eigenvalue weighted by Crippen LogP contribution is -2.31. The van der Waals surface area contributed by atoms with E-state index in [0.717, 1.165) is 14.7 Å². The number of carbonyl (C=O) groups excluding carboxylic acids is 1. The van der Waals surface area contributed by atoms with Crippen LogP contribution < -0.4 is 0 Å². The quantitative estimate of drug-likeness (QED) is 0.604. The van der Waals surface area contributed by atoms with Crippen molar-refractivity contribution in [3.63, 3.8) is 0 Å². The van der Waals surface area contributed by atoms with Gasteiger partial charge in [-0.15, -0.1) is 11.6 Å². The van der Waals surface area contributed by atoms with Gasteiger partial charge < -0.3 is 4.90 Å². The fourth-order valence-electron chi connectivity index (χ4n) is 1.48. The number of aryl methyl sites for hydroxylation is 1. The first kappa shape index (κ1) is 13.8. The minimum atomic E-state index is -0.0311. The third-order valence-corrected chi connectivity index (χ3v) is 3.86. The molecule has 1 amide bonds. The van der Waals surface area contributed by atoms with Crippen LogP contribution in [-0.2, 0) is 0 Å². The summed E-state index contributed by atoms with van der Waals surface area (Å²) >= 11 is 8.09. The molecule has 16 heavy (non-hydrogen) atoms. The summed E-state index contributed by atoms with van der Waals surface area (Å²) in [6.07, 6.45) is 0. The van der Waals surface area contributed by atoms with Crippen LogP contribution in [0.2, 0.25) is 0 Å². The molecule has 0 bridgehead atoms. The molecule has 0 heterocycles. The molecule has 0 aromatic heterocycles. The molecule has 1 rings (SSSR count). The maximum atomic E-state index is 12.1. The van der Waals surface area contributed by atoms with Gasteiger partial charge in [0, 0.05) is 22.5 Å². The number of amides is 1. The highest BCUT2D eigenvalue weighted by molar-refractivity contribution is 14.1. The predicted molar refractivity (Wildman–Crippen MR) is 76.2 cm³/mol. The summed E-state index contributed by atoms with van der Waals surface area (Å²) in [6.45, 7) is 4.44. The van der Waals surface area contributed by atoms with Crippen LogP contribution in [-0.4, -0.2) is 29.8 Å². The van der Waals surface area contributed by atoms with Gasteiger partial charge in [0.25, 0.3) is 5.91 Å². The molecule has 2 nitrogen and oxygen atoms in total. The summed E-state index contributed by atoms with van der Waals surface area (Å²) in [5.74, 6) is 0.0283. The highest BCUT2D eigenvalue weighted by Crippen LogP contribution is 2.18. The zero-order valence-electron chi connectivity index (χ0n) is 9.63. The average molecular weight is 352 g/mol. The van der Waals surface area contributed by atoms with E-state index < -0.39 is 0 Å². The second kappa shape index (κ2) is 5.87. The Hall–Kier alpha value is -0.290. The van der Waals surface area contributed by atoms with Crippen molar-refractivity contribution in [3.8, 4) is 0 Å². The maximum Gasteiger partial charge on any atom is 0.254 e. The van der Waals surface area contributed by atoms with E-state index in [-0.39, 0.29) is 11.3 Å². The van der Waals surface area contributed by atoms with E-state index >= 15 is 0 Å². The van der Waals surface area contributed by atoms with Crippen molar-refractivity contribution in [1.29, 1.82) is 0 Å². The summed E-state index contributed by atoms with van der Waals surface area (Å²) in [6, 6.07) is 5.76. The largest absolute Gasteiger partial charge is 0.340 e. The van der Waals surface area contributed by atoms with Gasteiger partial charge in [-0.05, 0) is 48.1 Å². The van der Waals surface area contributed by atoms with Gasteiger partial charge in [-0.25, -0.2) is 0 Å². The molecule has 0 fully saturated rings. The predicted octanol–water partition coefficient (Wildman–Crippen LogP) is 3.30. The first-order valence-corrected chi connectivity index (χ1v) is 6.59. The van der Waals surface area contributed by atoms with Gasteiger partial charge in [-0.1, -0.05) is 12.1 Å². The van der Waals surface area contributed by atoms with E-state index in [2.05, 4.69) is 22.6 Å². The number of hydrogen-bond acceptors (Lipinski definition) is 1. The second-order valence-corrected chi connectivity index (χ2v) is 5.73. The molecule has 1 unspecified atom stereocenters. The number of halogens is 2. The number of rotatable bonds is 3. The van der Waals surface area contributed by atoms with Crippen LogP contribution in [0.15, 0.2) is 18.2 Å². The molecule has 4 heteroatoms. The van der Waals surface area contributed by atoms with E-state index in [1.165, 1.54) is 0 Å². The molecule has 0 aliphatic rings. The molecular formula is C12H15ClINO. The van der Waals surface area contributed by atoms with Crippen molar-refractivity contribution >= 4 is 40.1 Å². The van der Waals surface area contributed by atoms with Crippen LogP contribution in [0.3, 0.4) is 0 Å². The van der Waals surface area contributed by atoms with Crippen LogP contribution >= 0.6 is 34.2 Å². The monoisotopic (exact) mass is 351 g/mol. The van der Waals surface area contributed by atoms with Crippen LogP contribution in [0.4, 0.5) is 0 Å². The maximum absolute atomic E-state index is 12.1. The molecule has 0 radical (unpaired) electrons. The van der Waals surface area contributed by atoms with Gasteiger partial charge in [0.2, 0.25) is 0 Å². The molecule has 1 aromatic rings. The summed E-state index contributed by atoms with van der Waals surface area (Å²) in [4.78, 5) is 13.8. The van der Waals surface area contributed by atoms with E-state index in [1.807, 2.05) is 32.0 Å². The lowest BCUT2D eigenvalue weighted by molar-refractivity contribution is 0.0795. The molecule has 0 N–H and O–H groups in total. The van der Waals surface area contributed by atoms with E-state index in [9.17, 15) is 4.79 Å². The third kappa shape index (κ3) is 3.35. The number of carbonyl (C=O) groups is 1. The Kier molecular flexibility index (Phi) is 5.05. The molecule has 0 aliphatic heterocycles. The van der Waals surface area contributed by atoms with Crippen LogP contribution in [0.25, 0.3) is 0 Å². The minimum absolute atomic E-state index is 0.0283. The smallest absolute Gasteiger partial charge is 0.254 e. The van der Waals surface area contributed by atoms with Crippen molar-refractivity contribution in [2.45, 2.75) is 19.2 Å². The molecule has 1 aromatic carbocycles. The normalized spacial score (nSPS) is 12.3. The minimum Gasteiger partial charge on any atom is -0.340 e. The Morgan fingerprint density at radius 3 is 2.75 bits per heavy atom. The number of benzene rings is 1. The van der Waals surface area contributed by atoms with Crippen molar-refractivity contribution in [2.75, 3.05) is 13.6 Å². The standard InChI is InChI=1S/C12H15ClINO/c1-8-5-4-6-10(11(8)14)12(16)15(3)7-9(2)13/h4-6,9H,7H2,1-3H3. The van der Waals surface area contributed by atoms with Crippen molar-refractivity contribution < 1.29 is 4.79 Å². The second-order valence-electron chi connectivity index (χ2n) is 3.90. The molecule has 0 aliphatic carbocycles. The topological polar surface area (TPSA) is 20.3 Å². The summed E-state index contributed by atoms with van der Waals surface area (Å²) < 4.78 is 1.01. The summed E-state index contributed by atoms with van der Waals surface area (Å²) in [5.41, 5.74) is 1.87. The summed E-state index contributed by atoms with van der Waals surface area (Å²) in [5, 5.41) is -0.0311. The lowest BCUT2D eigenvalue weighted by atomic mass is 10.1. The van der Waals surface area contributed by atoms with E-state index in [0.29, 0.717) is 6.54 Å². The first-order chi connectivity index (χ1) is 7.43. The number of hydrogen-bond donors (Lipinski definition) is 0. The Labute approximate surface area is 115 Å². The van der Waals surface area contributed by atoms with Crippen LogP contribution in [0.1, 0.15) is 22.8 Å². The van der Waals surface area contributed by atoms with Gasteiger partial charge in [-0.2, -0.15) is 0 Å². The van der Waals surface area contributed by atoms with Crippen LogP contribution in [0.5, 0.6) is 0 Å². The summed E-state index contributed by atoms with van der Waals surface area (Å²) in [7, 11) is 1.78. The fourth-order valence-corrected chi connectivity index (χ4v) is 2.28. The van der Waals surface area contributed by atoms with Crippen molar-refractivity contribution in [1.82, 2.24) is 4.90 Å². The number of nitrogens with zero attached hydrogens (tertiary/aromatic N) is 1. The Bertz CT molecular complexity index is 393.